The normalized spacial score (nSPS) is 22.3. The topological polar surface area (TPSA) is 102 Å². The third-order valence-corrected chi connectivity index (χ3v) is 2.11. The van der Waals surface area contributed by atoms with E-state index in [-0.39, 0.29) is 5.70 Å². The summed E-state index contributed by atoms with van der Waals surface area (Å²) in [6.07, 6.45) is -1.51. The third-order valence-electron chi connectivity index (χ3n) is 2.11. The van der Waals surface area contributed by atoms with Crippen molar-refractivity contribution in [2.24, 2.45) is 0 Å². The Morgan fingerprint density at radius 1 is 1.40 bits per heavy atom. The van der Waals surface area contributed by atoms with Crippen LogP contribution >= 0.6 is 0 Å². The first-order chi connectivity index (χ1) is 6.91. The van der Waals surface area contributed by atoms with Gasteiger partial charge in [0.2, 0.25) is 0 Å². The van der Waals surface area contributed by atoms with Crippen molar-refractivity contribution in [2.45, 2.75) is 13.1 Å². The third kappa shape index (κ3) is 1.62. The van der Waals surface area contributed by atoms with Crippen LogP contribution in [0.1, 0.15) is 6.92 Å². The molecule has 15 heavy (non-hydrogen) atoms. The van der Waals surface area contributed by atoms with Crippen molar-refractivity contribution in [3.8, 4) is 0 Å². The minimum absolute atomic E-state index is 0.103. The van der Waals surface area contributed by atoms with E-state index in [9.17, 15) is 20.2 Å². The molecule has 0 aromatic heterocycles. The summed E-state index contributed by atoms with van der Waals surface area (Å²) in [5, 5.41) is 23.4. The second kappa shape index (κ2) is 3.79. The Kier molecular flexibility index (Phi) is 2.86. The second-order valence-corrected chi connectivity index (χ2v) is 2.92. The summed E-state index contributed by atoms with van der Waals surface area (Å²) in [5.74, 6) is 0. The predicted octanol–water partition coefficient (Wildman–Crippen LogP) is -0.179. The largest absolute Gasteiger partial charge is 0.377 e. The van der Waals surface area contributed by atoms with E-state index in [0.29, 0.717) is 0 Å². The first-order valence-corrected chi connectivity index (χ1v) is 3.97. The average Bonchev–Trinajstić information content (AvgIpc) is 2.37. The van der Waals surface area contributed by atoms with Crippen LogP contribution < -0.4 is 0 Å². The smallest absolute Gasteiger partial charge is 0.262 e. The lowest BCUT2D eigenvalue weighted by atomic mass is 10.3. The summed E-state index contributed by atoms with van der Waals surface area (Å²) >= 11 is 0. The van der Waals surface area contributed by atoms with E-state index in [0.717, 1.165) is 10.2 Å². The molecule has 1 aliphatic rings. The predicted molar refractivity (Wildman–Crippen MR) is 47.1 cm³/mol. The Morgan fingerprint density at radius 3 is 2.20 bits per heavy atom. The van der Waals surface area contributed by atoms with Crippen molar-refractivity contribution in [3.05, 3.63) is 31.6 Å². The minimum atomic E-state index is -1.51. The maximum absolute atomic E-state index is 10.7. The molecule has 0 bridgehead atoms. The number of hydrazine groups is 1. The van der Waals surface area contributed by atoms with Crippen molar-refractivity contribution in [2.75, 3.05) is 14.2 Å². The van der Waals surface area contributed by atoms with E-state index >= 15 is 0 Å². The number of likely N-dealkylation sites (N-methyl/N-ethyl adjacent to an activating group) is 1. The SMILES string of the molecule is CON1C(C)=C([N+](=O)[O-])C([N+](=O)[O-])N1C. The number of nitro groups is 2. The summed E-state index contributed by atoms with van der Waals surface area (Å²) < 4.78 is 0. The van der Waals surface area contributed by atoms with Gasteiger partial charge in [-0.3, -0.25) is 25.1 Å². The highest BCUT2D eigenvalue weighted by atomic mass is 16.7. The lowest BCUT2D eigenvalue weighted by molar-refractivity contribution is -0.584. The highest BCUT2D eigenvalue weighted by Gasteiger charge is 2.51. The van der Waals surface area contributed by atoms with Crippen LogP contribution in [0.5, 0.6) is 0 Å². The summed E-state index contributed by atoms with van der Waals surface area (Å²) in [6.45, 7) is 1.39. The van der Waals surface area contributed by atoms with Crippen LogP contribution in [-0.4, -0.2) is 40.4 Å². The molecular weight excluding hydrogens is 208 g/mol. The Hall–Kier alpha value is -1.74. The van der Waals surface area contributed by atoms with Gasteiger partial charge in [-0.1, -0.05) is 0 Å². The molecule has 0 saturated heterocycles. The molecule has 0 aromatic carbocycles. The zero-order valence-corrected chi connectivity index (χ0v) is 8.41. The van der Waals surface area contributed by atoms with Crippen molar-refractivity contribution in [3.63, 3.8) is 0 Å². The molecule has 1 unspecified atom stereocenters. The molecule has 9 nitrogen and oxygen atoms in total. The van der Waals surface area contributed by atoms with Gasteiger partial charge in [0.05, 0.1) is 17.0 Å². The van der Waals surface area contributed by atoms with Gasteiger partial charge in [-0.2, -0.15) is 5.17 Å². The monoisotopic (exact) mass is 218 g/mol. The van der Waals surface area contributed by atoms with Crippen LogP contribution in [-0.2, 0) is 4.84 Å². The van der Waals surface area contributed by atoms with Gasteiger partial charge in [0.1, 0.15) is 5.70 Å². The van der Waals surface area contributed by atoms with Gasteiger partial charge in [0.15, 0.2) is 0 Å². The molecular formula is C6H10N4O5. The van der Waals surface area contributed by atoms with E-state index in [1.165, 1.54) is 21.1 Å². The second-order valence-electron chi connectivity index (χ2n) is 2.92. The molecule has 1 aliphatic heterocycles. The Labute approximate surface area is 84.7 Å². The molecule has 0 spiro atoms. The summed E-state index contributed by atoms with van der Waals surface area (Å²) in [4.78, 5) is 24.6. The van der Waals surface area contributed by atoms with E-state index in [1.54, 1.807) is 0 Å². The van der Waals surface area contributed by atoms with Crippen LogP contribution in [0.4, 0.5) is 0 Å². The van der Waals surface area contributed by atoms with Gasteiger partial charge < -0.3 is 0 Å². The first-order valence-electron chi connectivity index (χ1n) is 3.97. The van der Waals surface area contributed by atoms with Gasteiger partial charge in [0.25, 0.3) is 0 Å². The number of allylic oxidation sites excluding steroid dienone is 1. The Morgan fingerprint density at radius 2 is 1.93 bits per heavy atom. The van der Waals surface area contributed by atoms with Gasteiger partial charge in [0, 0.05) is 7.05 Å². The first kappa shape index (κ1) is 11.3. The van der Waals surface area contributed by atoms with Crippen LogP contribution in [0, 0.1) is 20.2 Å². The zero-order chi connectivity index (χ0) is 11.7. The Bertz CT molecular complexity index is 340. The van der Waals surface area contributed by atoms with Crippen LogP contribution in [0.15, 0.2) is 11.4 Å². The molecule has 9 heteroatoms. The molecule has 0 radical (unpaired) electrons. The van der Waals surface area contributed by atoms with Crippen LogP contribution in [0.2, 0.25) is 0 Å². The molecule has 0 saturated carbocycles. The van der Waals surface area contributed by atoms with Crippen LogP contribution in [0.25, 0.3) is 0 Å². The maximum atomic E-state index is 10.7. The lowest BCUT2D eigenvalue weighted by Crippen LogP contribution is -2.43. The van der Waals surface area contributed by atoms with Crippen molar-refractivity contribution in [1.29, 1.82) is 0 Å². The van der Waals surface area contributed by atoms with Crippen LogP contribution in [0.3, 0.4) is 0 Å². The number of hydrogen-bond acceptors (Lipinski definition) is 7. The average molecular weight is 218 g/mol. The van der Waals surface area contributed by atoms with Gasteiger partial charge in [-0.15, -0.1) is 5.01 Å². The Balaban J connectivity index is 3.19. The van der Waals surface area contributed by atoms with E-state index in [1.807, 2.05) is 0 Å². The molecule has 1 heterocycles. The van der Waals surface area contributed by atoms with Gasteiger partial charge >= 0.3 is 11.9 Å². The zero-order valence-electron chi connectivity index (χ0n) is 8.41. The fraction of sp³-hybridized carbons (Fsp3) is 0.667. The van der Waals surface area contributed by atoms with Crippen molar-refractivity contribution in [1.82, 2.24) is 10.2 Å². The van der Waals surface area contributed by atoms with Gasteiger partial charge in [-0.25, -0.2) is 0 Å². The summed E-state index contributed by atoms with van der Waals surface area (Å²) in [7, 11) is 2.62. The molecule has 1 atom stereocenters. The molecule has 0 aromatic rings. The van der Waals surface area contributed by atoms with Crippen molar-refractivity contribution < 1.29 is 14.7 Å². The summed E-state index contributed by atoms with van der Waals surface area (Å²) in [6, 6.07) is 0. The number of hydrogen-bond donors (Lipinski definition) is 0. The molecule has 1 rings (SSSR count). The van der Waals surface area contributed by atoms with Crippen molar-refractivity contribution >= 4 is 0 Å². The fourth-order valence-corrected chi connectivity index (χ4v) is 1.53. The fourth-order valence-electron chi connectivity index (χ4n) is 1.53. The summed E-state index contributed by atoms with van der Waals surface area (Å²) in [5.41, 5.74) is -0.379. The molecule has 0 N–H and O–H groups in total. The van der Waals surface area contributed by atoms with E-state index in [4.69, 9.17) is 4.84 Å². The molecule has 84 valence electrons. The molecule has 0 aliphatic carbocycles. The lowest BCUT2D eigenvalue weighted by Gasteiger charge is -2.23. The van der Waals surface area contributed by atoms with E-state index < -0.39 is 21.7 Å². The quantitative estimate of drug-likeness (QED) is 0.478. The highest BCUT2D eigenvalue weighted by molar-refractivity contribution is 5.11. The standard InChI is InChI=1S/C6H10N4O5/c1-4-5(9(11)12)6(10(13)14)7(2)8(4)15-3/h6H,1-3H3. The molecule has 0 fully saturated rings. The minimum Gasteiger partial charge on any atom is -0.262 e. The van der Waals surface area contributed by atoms with E-state index in [2.05, 4.69) is 0 Å². The van der Waals surface area contributed by atoms with Gasteiger partial charge in [-0.05, 0) is 6.92 Å². The number of hydroxylamine groups is 1. The number of nitrogens with zero attached hydrogens (tertiary/aromatic N) is 4. The maximum Gasteiger partial charge on any atom is 0.377 e. The molecule has 0 amide bonds. The number of rotatable bonds is 3. The highest BCUT2D eigenvalue weighted by Crippen LogP contribution is 2.28.